The summed E-state index contributed by atoms with van der Waals surface area (Å²) >= 11 is 0. The van der Waals surface area contributed by atoms with Gasteiger partial charge in [-0.2, -0.15) is 4.98 Å². The van der Waals surface area contributed by atoms with Gasteiger partial charge >= 0.3 is 29.8 Å². The number of nitrogens with one attached hydrogen (secondary N) is 1. The van der Waals surface area contributed by atoms with E-state index in [0.717, 1.165) is 26.2 Å². The van der Waals surface area contributed by atoms with Crippen molar-refractivity contribution >= 4 is 23.8 Å². The molecule has 0 amide bonds. The van der Waals surface area contributed by atoms with Gasteiger partial charge in [0.1, 0.15) is 36.3 Å². The Labute approximate surface area is 196 Å². The maximum atomic E-state index is 11.8. The molecule has 1 saturated heterocycles. The van der Waals surface area contributed by atoms with Crippen LogP contribution in [0.15, 0.2) is 22.9 Å². The molecular formula is C19H21N5O11. The van der Waals surface area contributed by atoms with E-state index in [9.17, 15) is 24.5 Å². The molecule has 16 heteroatoms. The molecule has 1 aliphatic heterocycles. The van der Waals surface area contributed by atoms with Gasteiger partial charge in [0, 0.05) is 20.8 Å². The Bertz CT molecular complexity index is 1180. The zero-order valence-electron chi connectivity index (χ0n) is 18.7. The predicted molar refractivity (Wildman–Crippen MR) is 107 cm³/mol. The average Bonchev–Trinajstić information content (AvgIpc) is 3.36. The van der Waals surface area contributed by atoms with E-state index in [1.165, 1.54) is 17.6 Å². The number of carbonyl (C=O) groups is 3. The van der Waals surface area contributed by atoms with Crippen LogP contribution in [0, 0.1) is 15.5 Å². The fraction of sp³-hybridized carbons (Fsp3) is 0.474. The fourth-order valence-electron chi connectivity index (χ4n) is 3.22. The molecule has 0 bridgehead atoms. The van der Waals surface area contributed by atoms with E-state index < -0.39 is 58.9 Å². The second kappa shape index (κ2) is 10.7. The molecule has 0 spiro atoms. The number of ether oxygens (including phenoxy) is 5. The van der Waals surface area contributed by atoms with Gasteiger partial charge in [-0.05, 0) is 6.07 Å². The second-order valence-electron chi connectivity index (χ2n) is 7.17. The van der Waals surface area contributed by atoms with Gasteiger partial charge in [-0.3, -0.25) is 34.5 Å². The molecule has 35 heavy (non-hydrogen) atoms. The highest BCUT2D eigenvalue weighted by Gasteiger charge is 2.51. The number of nitrogens with zero attached hydrogens (tertiary/aromatic N) is 4. The Morgan fingerprint density at radius 2 is 1.83 bits per heavy atom. The third-order valence-electron chi connectivity index (χ3n) is 4.51. The third kappa shape index (κ3) is 6.38. The Morgan fingerprint density at radius 3 is 2.43 bits per heavy atom. The minimum atomic E-state index is -1.24. The molecule has 0 saturated carbocycles. The number of carbonyl (C=O) groups excluding carboxylic acids is 3. The molecule has 0 aromatic carbocycles. The van der Waals surface area contributed by atoms with Gasteiger partial charge in [0.2, 0.25) is 5.62 Å². The minimum Gasteiger partial charge on any atom is -0.463 e. The molecule has 1 N–H and O–H groups in total. The SMILES string of the molecule is CC(=O)OCC1OC(n2cnc(=N)nc2OCc2ccc([N+](=O)[O-])o2)C(OC(C)=O)C1OC(C)=O. The average molecular weight is 495 g/mol. The largest absolute Gasteiger partial charge is 0.463 e. The van der Waals surface area contributed by atoms with Crippen molar-refractivity contribution in [2.45, 2.75) is 51.9 Å². The zero-order valence-corrected chi connectivity index (χ0v) is 18.7. The summed E-state index contributed by atoms with van der Waals surface area (Å²) in [5, 5.41) is 18.5. The minimum absolute atomic E-state index is 0.0859. The summed E-state index contributed by atoms with van der Waals surface area (Å²) in [6.07, 6.45) is -3.57. The number of esters is 3. The summed E-state index contributed by atoms with van der Waals surface area (Å²) in [7, 11) is 0. The molecule has 188 valence electrons. The number of furan rings is 1. The molecule has 0 radical (unpaired) electrons. The van der Waals surface area contributed by atoms with E-state index in [0.29, 0.717) is 0 Å². The Hall–Kier alpha value is -4.34. The lowest BCUT2D eigenvalue weighted by molar-refractivity contribution is -0.402. The van der Waals surface area contributed by atoms with Gasteiger partial charge in [0.15, 0.2) is 18.4 Å². The van der Waals surface area contributed by atoms with Crippen LogP contribution in [0.1, 0.15) is 32.8 Å². The normalized spacial score (nSPS) is 21.2. The zero-order chi connectivity index (χ0) is 25.7. The van der Waals surface area contributed by atoms with Crippen LogP contribution < -0.4 is 10.4 Å². The maximum absolute atomic E-state index is 11.8. The lowest BCUT2D eigenvalue weighted by atomic mass is 10.1. The number of hydrogen-bond acceptors (Lipinski definition) is 14. The first-order valence-corrected chi connectivity index (χ1v) is 10.0. The van der Waals surface area contributed by atoms with Crippen molar-refractivity contribution in [3.8, 4) is 6.01 Å². The lowest BCUT2D eigenvalue weighted by Crippen LogP contribution is -2.40. The van der Waals surface area contributed by atoms with Crippen LogP contribution in [0.25, 0.3) is 0 Å². The first kappa shape index (κ1) is 25.3. The number of aromatic nitrogens is 3. The van der Waals surface area contributed by atoms with Crippen LogP contribution in [-0.4, -0.2) is 62.3 Å². The van der Waals surface area contributed by atoms with Crippen molar-refractivity contribution < 1.29 is 47.4 Å². The van der Waals surface area contributed by atoms with Crippen LogP contribution in [0.3, 0.4) is 0 Å². The molecule has 1 aliphatic rings. The van der Waals surface area contributed by atoms with E-state index >= 15 is 0 Å². The number of hydrogen-bond donors (Lipinski definition) is 1. The molecule has 2 aromatic heterocycles. The highest BCUT2D eigenvalue weighted by molar-refractivity contribution is 5.68. The summed E-state index contributed by atoms with van der Waals surface area (Å²) in [5.41, 5.74) is -0.434. The maximum Gasteiger partial charge on any atom is 0.433 e. The first-order chi connectivity index (χ1) is 16.5. The van der Waals surface area contributed by atoms with Gasteiger partial charge in [-0.25, -0.2) is 4.98 Å². The Balaban J connectivity index is 1.93. The van der Waals surface area contributed by atoms with Crippen LogP contribution in [-0.2, 0) is 39.9 Å². The molecule has 0 aliphatic carbocycles. The molecule has 4 atom stereocenters. The van der Waals surface area contributed by atoms with E-state index in [2.05, 4.69) is 9.97 Å². The van der Waals surface area contributed by atoms with Gasteiger partial charge in [-0.1, -0.05) is 0 Å². The van der Waals surface area contributed by atoms with Gasteiger partial charge < -0.3 is 28.1 Å². The summed E-state index contributed by atoms with van der Waals surface area (Å²) in [4.78, 5) is 52.6. The van der Waals surface area contributed by atoms with Crippen LogP contribution >= 0.6 is 0 Å². The highest BCUT2D eigenvalue weighted by Crippen LogP contribution is 2.36. The van der Waals surface area contributed by atoms with E-state index in [1.807, 2.05) is 0 Å². The summed E-state index contributed by atoms with van der Waals surface area (Å²) < 4.78 is 33.3. The summed E-state index contributed by atoms with van der Waals surface area (Å²) in [5.74, 6) is -2.45. The van der Waals surface area contributed by atoms with E-state index in [1.54, 1.807) is 0 Å². The molecule has 2 aromatic rings. The third-order valence-corrected chi connectivity index (χ3v) is 4.51. The van der Waals surface area contributed by atoms with Gasteiger partial charge in [-0.15, -0.1) is 0 Å². The predicted octanol–water partition coefficient (Wildman–Crippen LogP) is 0.162. The molecular weight excluding hydrogens is 474 g/mol. The van der Waals surface area contributed by atoms with Crippen molar-refractivity contribution in [3.63, 3.8) is 0 Å². The van der Waals surface area contributed by atoms with E-state index in [4.69, 9.17) is 33.5 Å². The second-order valence-corrected chi connectivity index (χ2v) is 7.17. The quantitative estimate of drug-likeness (QED) is 0.213. The van der Waals surface area contributed by atoms with Gasteiger partial charge in [0.05, 0.1) is 6.07 Å². The molecule has 16 nitrogen and oxygen atoms in total. The standard InChI is InChI=1S/C19H21N5O11/c1-9(25)30-7-13-15(32-10(2)26)16(33-11(3)27)17(35-13)23-8-21-18(20)22-19(23)31-6-12-4-5-14(34-12)24(28)29/h4-5,8,13,15-17,20H,6-7H2,1-3H3. The van der Waals surface area contributed by atoms with Gasteiger partial charge in [0.25, 0.3) is 0 Å². The fourth-order valence-corrected chi connectivity index (χ4v) is 3.22. The summed E-state index contributed by atoms with van der Waals surface area (Å²) in [6, 6.07) is 2.22. The van der Waals surface area contributed by atoms with Crippen molar-refractivity contribution in [2.75, 3.05) is 6.61 Å². The molecule has 3 rings (SSSR count). The smallest absolute Gasteiger partial charge is 0.433 e. The summed E-state index contributed by atoms with van der Waals surface area (Å²) in [6.45, 7) is 2.81. The number of nitro groups is 1. The lowest BCUT2D eigenvalue weighted by Gasteiger charge is -2.24. The van der Waals surface area contributed by atoms with Crippen molar-refractivity contribution in [2.24, 2.45) is 0 Å². The highest BCUT2D eigenvalue weighted by atomic mass is 16.7. The van der Waals surface area contributed by atoms with E-state index in [-0.39, 0.29) is 25.0 Å². The number of rotatable bonds is 9. The topological polar surface area (TPSA) is 208 Å². The van der Waals surface area contributed by atoms with Crippen molar-refractivity contribution in [1.82, 2.24) is 14.5 Å². The molecule has 1 fully saturated rings. The monoisotopic (exact) mass is 495 g/mol. The van der Waals surface area contributed by atoms with Crippen LogP contribution in [0.2, 0.25) is 0 Å². The Morgan fingerprint density at radius 1 is 1.14 bits per heavy atom. The Kier molecular flexibility index (Phi) is 7.75. The van der Waals surface area contributed by atoms with Crippen LogP contribution in [0.4, 0.5) is 5.88 Å². The molecule has 3 heterocycles. The first-order valence-electron chi connectivity index (χ1n) is 10.0. The van der Waals surface area contributed by atoms with Crippen molar-refractivity contribution in [3.05, 3.63) is 40.0 Å². The van der Waals surface area contributed by atoms with Crippen molar-refractivity contribution in [1.29, 1.82) is 5.41 Å². The van der Waals surface area contributed by atoms with Crippen LogP contribution in [0.5, 0.6) is 6.01 Å². The molecule has 4 unspecified atom stereocenters.